The molecule has 1 aliphatic heterocycles. The Balaban J connectivity index is 2.29. The normalized spacial score (nSPS) is 23.1. The lowest BCUT2D eigenvalue weighted by Crippen LogP contribution is -2.43. The quantitative estimate of drug-likeness (QED) is 0.790. The summed E-state index contributed by atoms with van der Waals surface area (Å²) in [6.45, 7) is 2.20. The van der Waals surface area contributed by atoms with Crippen molar-refractivity contribution in [1.82, 2.24) is 9.88 Å². The van der Waals surface area contributed by atoms with E-state index in [1.54, 1.807) is 6.92 Å². The number of carboxylic acid groups (broad SMARTS) is 1. The Hall–Kier alpha value is -2.11. The van der Waals surface area contributed by atoms with Crippen molar-refractivity contribution in [1.29, 1.82) is 0 Å². The number of aromatic amines is 1. The summed E-state index contributed by atoms with van der Waals surface area (Å²) in [5.74, 6) is -1.53. The highest BCUT2D eigenvalue weighted by Crippen LogP contribution is 2.25. The van der Waals surface area contributed by atoms with Gasteiger partial charge in [0.2, 0.25) is 5.56 Å². The maximum absolute atomic E-state index is 12.2. The molecule has 18 heavy (non-hydrogen) atoms. The number of carbonyl (C=O) groups is 2. The summed E-state index contributed by atoms with van der Waals surface area (Å²) in [4.78, 5) is 38.2. The number of amides is 1. The van der Waals surface area contributed by atoms with Gasteiger partial charge in [0.25, 0.3) is 5.91 Å². The summed E-state index contributed by atoms with van der Waals surface area (Å²) in [7, 11) is 0. The molecule has 1 aromatic heterocycles. The summed E-state index contributed by atoms with van der Waals surface area (Å²) in [6.07, 6.45) is 0.653. The summed E-state index contributed by atoms with van der Waals surface area (Å²) < 4.78 is 0. The van der Waals surface area contributed by atoms with Crippen molar-refractivity contribution in [2.45, 2.75) is 19.4 Å². The highest BCUT2D eigenvalue weighted by atomic mass is 16.4. The minimum Gasteiger partial charge on any atom is -0.480 e. The molecule has 2 heterocycles. The first-order chi connectivity index (χ1) is 8.50. The zero-order valence-corrected chi connectivity index (χ0v) is 9.92. The second-order valence-electron chi connectivity index (χ2n) is 4.48. The molecular formula is C12H14N2O4. The molecule has 96 valence electrons. The number of nitrogens with one attached hydrogen (secondary N) is 1. The molecule has 0 aliphatic carbocycles. The van der Waals surface area contributed by atoms with Crippen molar-refractivity contribution in [3.05, 3.63) is 34.2 Å². The average molecular weight is 250 g/mol. The molecule has 6 nitrogen and oxygen atoms in total. The predicted molar refractivity (Wildman–Crippen MR) is 63.3 cm³/mol. The van der Waals surface area contributed by atoms with Crippen molar-refractivity contribution in [2.75, 3.05) is 6.54 Å². The summed E-state index contributed by atoms with van der Waals surface area (Å²) in [5.41, 5.74) is -0.247. The zero-order valence-electron chi connectivity index (χ0n) is 9.92. The van der Waals surface area contributed by atoms with Crippen LogP contribution in [0.5, 0.6) is 0 Å². The monoisotopic (exact) mass is 250 g/mol. The van der Waals surface area contributed by atoms with E-state index in [9.17, 15) is 14.4 Å². The first-order valence-corrected chi connectivity index (χ1v) is 5.74. The molecule has 0 saturated carbocycles. The number of likely N-dealkylation sites (tertiary alicyclic amines) is 1. The summed E-state index contributed by atoms with van der Waals surface area (Å²) in [5, 5.41) is 9.14. The lowest BCUT2D eigenvalue weighted by molar-refractivity contribution is -0.142. The van der Waals surface area contributed by atoms with Crippen LogP contribution >= 0.6 is 0 Å². The molecular weight excluding hydrogens is 236 g/mol. The maximum atomic E-state index is 12.2. The van der Waals surface area contributed by atoms with Gasteiger partial charge in [-0.25, -0.2) is 4.79 Å². The molecule has 2 unspecified atom stereocenters. The first-order valence-electron chi connectivity index (χ1n) is 5.74. The third-order valence-corrected chi connectivity index (χ3v) is 3.21. The molecule has 1 fully saturated rings. The van der Waals surface area contributed by atoms with Gasteiger partial charge in [-0.05, 0) is 18.4 Å². The molecule has 0 spiro atoms. The van der Waals surface area contributed by atoms with Gasteiger partial charge in [-0.15, -0.1) is 0 Å². The molecule has 1 aromatic rings. The number of aromatic nitrogens is 1. The second kappa shape index (κ2) is 4.64. The van der Waals surface area contributed by atoms with Gasteiger partial charge in [-0.2, -0.15) is 0 Å². The number of rotatable bonds is 2. The van der Waals surface area contributed by atoms with Gasteiger partial charge in [0.05, 0.1) is 0 Å². The number of aliphatic carboxylic acids is 1. The Morgan fingerprint density at radius 3 is 2.78 bits per heavy atom. The average Bonchev–Trinajstić information content (AvgIpc) is 2.70. The molecule has 0 radical (unpaired) electrons. The number of pyridine rings is 1. The lowest BCUT2D eigenvalue weighted by atomic mass is 10.0. The molecule has 2 N–H and O–H groups in total. The molecule has 1 aliphatic rings. The molecule has 1 saturated heterocycles. The van der Waals surface area contributed by atoms with Crippen molar-refractivity contribution in [3.63, 3.8) is 0 Å². The van der Waals surface area contributed by atoms with Crippen LogP contribution in [0.1, 0.15) is 23.8 Å². The van der Waals surface area contributed by atoms with Crippen LogP contribution in [0.3, 0.4) is 0 Å². The minimum atomic E-state index is -1.01. The summed E-state index contributed by atoms with van der Waals surface area (Å²) in [6, 6.07) is 3.44. The Labute approximate surface area is 103 Å². The second-order valence-corrected chi connectivity index (χ2v) is 4.48. The Morgan fingerprint density at radius 2 is 2.17 bits per heavy atom. The van der Waals surface area contributed by atoms with Gasteiger partial charge in [-0.3, -0.25) is 9.59 Å². The molecule has 2 atom stereocenters. The number of hydrogen-bond acceptors (Lipinski definition) is 3. The number of nitrogens with zero attached hydrogens (tertiary/aromatic N) is 1. The van der Waals surface area contributed by atoms with E-state index in [2.05, 4.69) is 4.98 Å². The third-order valence-electron chi connectivity index (χ3n) is 3.21. The summed E-state index contributed by atoms with van der Waals surface area (Å²) >= 11 is 0. The predicted octanol–water partition coefficient (Wildman–Crippen LogP) is 0.310. The smallest absolute Gasteiger partial charge is 0.326 e. The van der Waals surface area contributed by atoms with E-state index < -0.39 is 17.9 Å². The van der Waals surface area contributed by atoms with E-state index in [4.69, 9.17) is 5.11 Å². The van der Waals surface area contributed by atoms with E-state index >= 15 is 0 Å². The van der Waals surface area contributed by atoms with Crippen molar-refractivity contribution in [3.8, 4) is 0 Å². The van der Waals surface area contributed by atoms with E-state index in [0.29, 0.717) is 13.0 Å². The Morgan fingerprint density at radius 1 is 1.44 bits per heavy atom. The first kappa shape index (κ1) is 12.3. The molecule has 0 aromatic carbocycles. The van der Waals surface area contributed by atoms with Crippen LogP contribution in [0.25, 0.3) is 0 Å². The maximum Gasteiger partial charge on any atom is 0.326 e. The van der Waals surface area contributed by atoms with Gasteiger partial charge in [0.1, 0.15) is 11.7 Å². The molecule has 0 bridgehead atoms. The van der Waals surface area contributed by atoms with Crippen molar-refractivity contribution in [2.24, 2.45) is 5.92 Å². The van der Waals surface area contributed by atoms with Crippen LogP contribution in [0.15, 0.2) is 23.0 Å². The van der Waals surface area contributed by atoms with Gasteiger partial charge in [0, 0.05) is 12.6 Å². The van der Waals surface area contributed by atoms with Crippen LogP contribution in [0, 0.1) is 5.92 Å². The van der Waals surface area contributed by atoms with Crippen LogP contribution in [0.2, 0.25) is 0 Å². The highest BCUT2D eigenvalue weighted by molar-refractivity contribution is 5.95. The Bertz CT molecular complexity index is 537. The topological polar surface area (TPSA) is 90.5 Å². The highest BCUT2D eigenvalue weighted by Gasteiger charge is 2.39. The van der Waals surface area contributed by atoms with Gasteiger partial charge in [-0.1, -0.05) is 13.0 Å². The van der Waals surface area contributed by atoms with Crippen LogP contribution < -0.4 is 5.56 Å². The van der Waals surface area contributed by atoms with Crippen molar-refractivity contribution < 1.29 is 14.7 Å². The largest absolute Gasteiger partial charge is 0.480 e. The number of hydrogen-bond donors (Lipinski definition) is 2. The molecule has 1 amide bonds. The van der Waals surface area contributed by atoms with Crippen LogP contribution in [0.4, 0.5) is 0 Å². The molecule has 6 heteroatoms. The van der Waals surface area contributed by atoms with E-state index in [1.807, 2.05) is 0 Å². The fourth-order valence-electron chi connectivity index (χ4n) is 2.28. The standard InChI is InChI=1S/C12H14N2O4/c1-7-5-6-14(10(7)12(17)18)11(16)8-3-2-4-9(15)13-8/h2-4,7,10H,5-6H2,1H3,(H,13,15)(H,17,18). The van der Waals surface area contributed by atoms with Crippen molar-refractivity contribution >= 4 is 11.9 Å². The number of H-pyrrole nitrogens is 1. The van der Waals surface area contributed by atoms with Crippen LogP contribution in [-0.4, -0.2) is 39.5 Å². The van der Waals surface area contributed by atoms with E-state index in [-0.39, 0.29) is 17.2 Å². The Kier molecular flexibility index (Phi) is 3.18. The SMILES string of the molecule is CC1CCN(C(=O)c2cccc(=O)[nH]2)C1C(=O)O. The van der Waals surface area contributed by atoms with E-state index in [0.717, 1.165) is 0 Å². The number of carbonyl (C=O) groups excluding carboxylic acids is 1. The number of carboxylic acids is 1. The minimum absolute atomic E-state index is 0.0816. The molecule has 2 rings (SSSR count). The van der Waals surface area contributed by atoms with Crippen LogP contribution in [-0.2, 0) is 4.79 Å². The third kappa shape index (κ3) is 2.13. The fraction of sp³-hybridized carbons (Fsp3) is 0.417. The van der Waals surface area contributed by atoms with E-state index in [1.165, 1.54) is 23.1 Å². The van der Waals surface area contributed by atoms with Gasteiger partial charge >= 0.3 is 5.97 Å². The van der Waals surface area contributed by atoms with Gasteiger partial charge in [0.15, 0.2) is 0 Å². The lowest BCUT2D eigenvalue weighted by Gasteiger charge is -2.23. The zero-order chi connectivity index (χ0) is 13.3. The van der Waals surface area contributed by atoms with Gasteiger partial charge < -0.3 is 15.0 Å². The fourth-order valence-corrected chi connectivity index (χ4v) is 2.28.